The van der Waals surface area contributed by atoms with E-state index < -0.39 is 0 Å². The zero-order valence-electron chi connectivity index (χ0n) is 11.8. The van der Waals surface area contributed by atoms with Crippen molar-refractivity contribution in [2.45, 2.75) is 63.8 Å². The predicted octanol–water partition coefficient (Wildman–Crippen LogP) is 0.989. The van der Waals surface area contributed by atoms with Crippen LogP contribution < -0.4 is 5.32 Å². The first-order valence-electron chi connectivity index (χ1n) is 7.44. The number of aliphatic hydroxyl groups is 1. The van der Waals surface area contributed by atoms with Gasteiger partial charge in [-0.3, -0.25) is 4.90 Å². The Morgan fingerprint density at radius 1 is 1.28 bits per heavy atom. The molecular formula is C14H28N2O2. The molecule has 0 bridgehead atoms. The van der Waals surface area contributed by atoms with Crippen molar-refractivity contribution in [3.63, 3.8) is 0 Å². The largest absolute Gasteiger partial charge is 0.389 e. The molecule has 3 atom stereocenters. The van der Waals surface area contributed by atoms with Crippen LogP contribution in [0.2, 0.25) is 0 Å². The zero-order chi connectivity index (χ0) is 13.0. The molecule has 0 spiro atoms. The SMILES string of the molecule is CC(C)OCC(O)CNC1CCN2CCCCC12. The topological polar surface area (TPSA) is 44.7 Å². The third-order valence-corrected chi connectivity index (χ3v) is 4.09. The quantitative estimate of drug-likeness (QED) is 0.744. The maximum absolute atomic E-state index is 9.85. The van der Waals surface area contributed by atoms with Crippen LogP contribution in [-0.4, -0.2) is 60.5 Å². The lowest BCUT2D eigenvalue weighted by Gasteiger charge is -2.33. The highest BCUT2D eigenvalue weighted by Gasteiger charge is 2.35. The maximum atomic E-state index is 9.85. The van der Waals surface area contributed by atoms with Crippen LogP contribution in [0.25, 0.3) is 0 Å². The predicted molar refractivity (Wildman–Crippen MR) is 72.7 cm³/mol. The first kappa shape index (κ1) is 14.3. The van der Waals surface area contributed by atoms with Crippen molar-refractivity contribution in [3.8, 4) is 0 Å². The second kappa shape index (κ2) is 6.85. The molecule has 2 heterocycles. The second-order valence-corrected chi connectivity index (χ2v) is 5.94. The molecule has 0 aromatic rings. The zero-order valence-corrected chi connectivity index (χ0v) is 11.8. The van der Waals surface area contributed by atoms with Crippen LogP contribution >= 0.6 is 0 Å². The molecular weight excluding hydrogens is 228 g/mol. The average molecular weight is 256 g/mol. The van der Waals surface area contributed by atoms with E-state index in [2.05, 4.69) is 10.2 Å². The molecule has 0 aliphatic carbocycles. The minimum Gasteiger partial charge on any atom is -0.389 e. The molecule has 4 nitrogen and oxygen atoms in total. The van der Waals surface area contributed by atoms with Crippen molar-refractivity contribution >= 4 is 0 Å². The third kappa shape index (κ3) is 3.92. The Kier molecular flexibility index (Phi) is 5.42. The van der Waals surface area contributed by atoms with Gasteiger partial charge in [0.25, 0.3) is 0 Å². The summed E-state index contributed by atoms with van der Waals surface area (Å²) in [5, 5.41) is 13.4. The van der Waals surface area contributed by atoms with E-state index in [1.54, 1.807) is 0 Å². The monoisotopic (exact) mass is 256 g/mol. The number of fused-ring (bicyclic) bond motifs is 1. The van der Waals surface area contributed by atoms with Crippen LogP contribution in [0.15, 0.2) is 0 Å². The van der Waals surface area contributed by atoms with E-state index in [9.17, 15) is 5.11 Å². The summed E-state index contributed by atoms with van der Waals surface area (Å²) in [6.45, 7) is 7.57. The van der Waals surface area contributed by atoms with E-state index in [1.165, 1.54) is 38.8 Å². The molecule has 0 aromatic heterocycles. The number of aliphatic hydroxyl groups excluding tert-OH is 1. The fourth-order valence-electron chi connectivity index (χ4n) is 3.14. The smallest absolute Gasteiger partial charge is 0.0897 e. The summed E-state index contributed by atoms with van der Waals surface area (Å²) in [4.78, 5) is 2.61. The Balaban J connectivity index is 1.67. The molecule has 2 saturated heterocycles. The standard InChI is InChI=1S/C14H28N2O2/c1-11(2)18-10-12(17)9-15-13-6-8-16-7-4-3-5-14(13)16/h11-15,17H,3-10H2,1-2H3. The molecule has 0 radical (unpaired) electrons. The van der Waals surface area contributed by atoms with Gasteiger partial charge in [-0.25, -0.2) is 0 Å². The second-order valence-electron chi connectivity index (χ2n) is 5.94. The number of nitrogens with zero attached hydrogens (tertiary/aromatic N) is 1. The molecule has 2 rings (SSSR count). The summed E-state index contributed by atoms with van der Waals surface area (Å²) < 4.78 is 5.43. The van der Waals surface area contributed by atoms with Gasteiger partial charge in [-0.05, 0) is 39.7 Å². The van der Waals surface area contributed by atoms with Crippen molar-refractivity contribution in [3.05, 3.63) is 0 Å². The lowest BCUT2D eigenvalue weighted by molar-refractivity contribution is 0.00483. The summed E-state index contributed by atoms with van der Waals surface area (Å²) in [6, 6.07) is 1.27. The van der Waals surface area contributed by atoms with Gasteiger partial charge >= 0.3 is 0 Å². The minimum atomic E-state index is -0.384. The number of hydrogen-bond donors (Lipinski definition) is 2. The van der Waals surface area contributed by atoms with E-state index >= 15 is 0 Å². The molecule has 2 aliphatic heterocycles. The Bertz CT molecular complexity index is 248. The Hall–Kier alpha value is -0.160. The number of piperidine rings is 1. The molecule has 0 amide bonds. The van der Waals surface area contributed by atoms with Crippen LogP contribution in [0.1, 0.15) is 39.5 Å². The fourth-order valence-corrected chi connectivity index (χ4v) is 3.14. The van der Waals surface area contributed by atoms with Gasteiger partial charge in [-0.2, -0.15) is 0 Å². The van der Waals surface area contributed by atoms with Crippen LogP contribution in [0.3, 0.4) is 0 Å². The minimum absolute atomic E-state index is 0.194. The number of nitrogens with one attached hydrogen (secondary N) is 1. The highest BCUT2D eigenvalue weighted by Crippen LogP contribution is 2.26. The summed E-state index contributed by atoms with van der Waals surface area (Å²) in [6.07, 6.45) is 5.07. The van der Waals surface area contributed by atoms with E-state index in [-0.39, 0.29) is 12.2 Å². The molecule has 18 heavy (non-hydrogen) atoms. The lowest BCUT2D eigenvalue weighted by atomic mass is 9.99. The van der Waals surface area contributed by atoms with Gasteiger partial charge in [0.1, 0.15) is 0 Å². The first-order valence-corrected chi connectivity index (χ1v) is 7.44. The third-order valence-electron chi connectivity index (χ3n) is 4.09. The molecule has 4 heteroatoms. The molecule has 0 saturated carbocycles. The first-order chi connectivity index (χ1) is 8.66. The Morgan fingerprint density at radius 2 is 2.11 bits per heavy atom. The fraction of sp³-hybridized carbons (Fsp3) is 1.00. The van der Waals surface area contributed by atoms with Crippen LogP contribution in [0, 0.1) is 0 Å². The van der Waals surface area contributed by atoms with Crippen molar-refractivity contribution in [2.24, 2.45) is 0 Å². The summed E-state index contributed by atoms with van der Waals surface area (Å²) >= 11 is 0. The number of ether oxygens (including phenoxy) is 1. The van der Waals surface area contributed by atoms with E-state index in [4.69, 9.17) is 4.74 Å². The number of hydrogen-bond acceptors (Lipinski definition) is 4. The van der Waals surface area contributed by atoms with Gasteiger partial charge in [0.15, 0.2) is 0 Å². The number of rotatable bonds is 6. The molecule has 2 N–H and O–H groups in total. The summed E-state index contributed by atoms with van der Waals surface area (Å²) in [7, 11) is 0. The normalized spacial score (nSPS) is 30.7. The average Bonchev–Trinajstić information content (AvgIpc) is 2.77. The maximum Gasteiger partial charge on any atom is 0.0897 e. The van der Waals surface area contributed by atoms with E-state index in [0.717, 1.165) is 0 Å². The van der Waals surface area contributed by atoms with Gasteiger partial charge in [0, 0.05) is 25.2 Å². The molecule has 2 fully saturated rings. The van der Waals surface area contributed by atoms with E-state index in [1.807, 2.05) is 13.8 Å². The molecule has 2 aliphatic rings. The van der Waals surface area contributed by atoms with Gasteiger partial charge in [-0.15, -0.1) is 0 Å². The highest BCUT2D eigenvalue weighted by atomic mass is 16.5. The van der Waals surface area contributed by atoms with Gasteiger partial charge < -0.3 is 15.2 Å². The van der Waals surface area contributed by atoms with Crippen LogP contribution in [-0.2, 0) is 4.74 Å². The van der Waals surface area contributed by atoms with Gasteiger partial charge in [0.2, 0.25) is 0 Å². The molecule has 106 valence electrons. The van der Waals surface area contributed by atoms with Crippen LogP contribution in [0.4, 0.5) is 0 Å². The van der Waals surface area contributed by atoms with Crippen molar-refractivity contribution in [1.82, 2.24) is 10.2 Å². The summed E-state index contributed by atoms with van der Waals surface area (Å²) in [5.74, 6) is 0. The highest BCUT2D eigenvalue weighted by molar-refractivity contribution is 4.94. The van der Waals surface area contributed by atoms with Crippen molar-refractivity contribution in [1.29, 1.82) is 0 Å². The molecule has 3 unspecified atom stereocenters. The van der Waals surface area contributed by atoms with Crippen molar-refractivity contribution < 1.29 is 9.84 Å². The Morgan fingerprint density at radius 3 is 2.89 bits per heavy atom. The lowest BCUT2D eigenvalue weighted by Crippen LogP contribution is -2.47. The van der Waals surface area contributed by atoms with E-state index in [0.29, 0.717) is 25.2 Å². The Labute approximate surface area is 111 Å². The molecule has 0 aromatic carbocycles. The summed E-state index contributed by atoms with van der Waals surface area (Å²) in [5.41, 5.74) is 0. The van der Waals surface area contributed by atoms with Crippen molar-refractivity contribution in [2.75, 3.05) is 26.2 Å². The van der Waals surface area contributed by atoms with Gasteiger partial charge in [0.05, 0.1) is 18.8 Å². The van der Waals surface area contributed by atoms with Crippen LogP contribution in [0.5, 0.6) is 0 Å². The van der Waals surface area contributed by atoms with Gasteiger partial charge in [-0.1, -0.05) is 6.42 Å².